The van der Waals surface area contributed by atoms with Crippen molar-refractivity contribution < 1.29 is 14.3 Å². The minimum Gasteiger partial charge on any atom is -0.378 e. The second kappa shape index (κ2) is 12.2. The van der Waals surface area contributed by atoms with Crippen LogP contribution in [0.5, 0.6) is 0 Å². The number of piperazine rings is 1. The van der Waals surface area contributed by atoms with Crippen LogP contribution in [0.25, 0.3) is 10.9 Å². The summed E-state index contributed by atoms with van der Waals surface area (Å²) in [5.41, 5.74) is 0.923. The van der Waals surface area contributed by atoms with Crippen LogP contribution in [-0.2, 0) is 14.3 Å². The first kappa shape index (κ1) is 26.5. The molecule has 0 radical (unpaired) electrons. The van der Waals surface area contributed by atoms with Crippen LogP contribution in [0.1, 0.15) is 62.4 Å². The summed E-state index contributed by atoms with van der Waals surface area (Å²) < 4.78 is 6.73. The summed E-state index contributed by atoms with van der Waals surface area (Å²) in [7, 11) is 0. The molecule has 1 aromatic carbocycles. The highest BCUT2D eigenvalue weighted by molar-refractivity contribution is 5.99. The maximum absolute atomic E-state index is 13.5. The van der Waals surface area contributed by atoms with E-state index in [1.807, 2.05) is 12.1 Å². The molecule has 0 aliphatic carbocycles. The van der Waals surface area contributed by atoms with Crippen molar-refractivity contribution in [2.24, 2.45) is 0 Å². The lowest BCUT2D eigenvalue weighted by Gasteiger charge is -2.42. The van der Waals surface area contributed by atoms with Crippen LogP contribution in [0.2, 0.25) is 0 Å². The Kier molecular flexibility index (Phi) is 8.52. The van der Waals surface area contributed by atoms with E-state index in [1.165, 1.54) is 24.0 Å². The number of unbranched alkanes of at least 4 members (excludes halogenated alkanes) is 4. The van der Waals surface area contributed by atoms with Gasteiger partial charge in [-0.2, -0.15) is 0 Å². The zero-order valence-electron chi connectivity index (χ0n) is 22.2. The first-order chi connectivity index (χ1) is 18.5. The predicted octanol–water partition coefficient (Wildman–Crippen LogP) is 2.00. The van der Waals surface area contributed by atoms with E-state index in [2.05, 4.69) is 31.9 Å². The zero-order valence-corrected chi connectivity index (χ0v) is 22.2. The number of fused-ring (bicyclic) bond motifs is 1. The van der Waals surface area contributed by atoms with Crippen molar-refractivity contribution in [3.63, 3.8) is 0 Å². The number of hydrogen-bond donors (Lipinski definition) is 1. The fourth-order valence-electron chi connectivity index (χ4n) is 5.60. The molecular formula is C29H37N5O4. The highest BCUT2D eigenvalue weighted by atomic mass is 16.5. The molecule has 202 valence electrons. The van der Waals surface area contributed by atoms with Gasteiger partial charge in [0.1, 0.15) is 11.9 Å². The number of aryl methyl sites for hydroxylation is 1. The van der Waals surface area contributed by atoms with Gasteiger partial charge in [0.25, 0.3) is 5.56 Å². The van der Waals surface area contributed by atoms with Crippen molar-refractivity contribution in [1.82, 2.24) is 24.7 Å². The van der Waals surface area contributed by atoms with Gasteiger partial charge >= 0.3 is 0 Å². The van der Waals surface area contributed by atoms with Gasteiger partial charge in [-0.25, -0.2) is 4.98 Å². The van der Waals surface area contributed by atoms with E-state index in [0.717, 1.165) is 58.7 Å². The second-order valence-electron chi connectivity index (χ2n) is 10.5. The highest BCUT2D eigenvalue weighted by Gasteiger charge is 2.31. The average Bonchev–Trinajstić information content (AvgIpc) is 2.86. The summed E-state index contributed by atoms with van der Waals surface area (Å²) in [4.78, 5) is 47.2. The first-order valence-corrected chi connectivity index (χ1v) is 13.9. The normalized spacial score (nSPS) is 21.1. The van der Waals surface area contributed by atoms with Crippen LogP contribution in [0, 0.1) is 18.8 Å². The Hall–Kier alpha value is -3.06. The Morgan fingerprint density at radius 2 is 1.84 bits per heavy atom. The molecule has 1 atom stereocenters. The van der Waals surface area contributed by atoms with Crippen LogP contribution < -0.4 is 10.9 Å². The fraction of sp³-hybridized carbons (Fsp3) is 0.586. The van der Waals surface area contributed by atoms with Gasteiger partial charge < -0.3 is 9.64 Å². The summed E-state index contributed by atoms with van der Waals surface area (Å²) in [5.74, 6) is 6.11. The SMILES string of the molecule is Cc1nc2cccc(C#CCCCCCCN3CCN(C4COC4)CC3)c2c(=O)n1C1CCC(=O)NC1=O. The summed E-state index contributed by atoms with van der Waals surface area (Å²) >= 11 is 0. The molecule has 4 heterocycles. The molecule has 3 aliphatic rings. The van der Waals surface area contributed by atoms with Crippen molar-refractivity contribution >= 4 is 22.7 Å². The van der Waals surface area contributed by atoms with Gasteiger partial charge in [-0.05, 0) is 44.9 Å². The Morgan fingerprint density at radius 3 is 2.58 bits per heavy atom. The third kappa shape index (κ3) is 5.98. The molecule has 3 saturated heterocycles. The lowest BCUT2D eigenvalue weighted by molar-refractivity contribution is -0.135. The number of imide groups is 1. The number of benzene rings is 1. The summed E-state index contributed by atoms with van der Waals surface area (Å²) in [6.45, 7) is 9.33. The van der Waals surface area contributed by atoms with Crippen molar-refractivity contribution in [2.45, 2.75) is 64.0 Å². The van der Waals surface area contributed by atoms with Crippen LogP contribution in [0.15, 0.2) is 23.0 Å². The molecule has 1 N–H and O–H groups in total. The van der Waals surface area contributed by atoms with E-state index in [0.29, 0.717) is 34.8 Å². The fourth-order valence-corrected chi connectivity index (χ4v) is 5.60. The summed E-state index contributed by atoms with van der Waals surface area (Å²) in [5, 5.41) is 2.77. The standard InChI is InChI=1S/C29H37N5O4/c1-21-30-24-11-8-10-22(27(24)29(37)34(21)25-12-13-26(35)31-28(25)36)9-6-4-2-3-5-7-14-32-15-17-33(18-16-32)23-19-38-20-23/h8,10-11,23,25H,2-5,7,12-20H2,1H3,(H,31,35,36). The van der Waals surface area contributed by atoms with E-state index in [4.69, 9.17) is 4.74 Å². The number of aromatic nitrogens is 2. The molecule has 1 unspecified atom stereocenters. The highest BCUT2D eigenvalue weighted by Crippen LogP contribution is 2.21. The number of amides is 2. The molecule has 3 aliphatic heterocycles. The van der Waals surface area contributed by atoms with E-state index in [-0.39, 0.29) is 17.9 Å². The Labute approximate surface area is 223 Å². The molecule has 1 aromatic heterocycles. The van der Waals surface area contributed by atoms with Crippen LogP contribution >= 0.6 is 0 Å². The van der Waals surface area contributed by atoms with Gasteiger partial charge in [0.15, 0.2) is 0 Å². The van der Waals surface area contributed by atoms with E-state index >= 15 is 0 Å². The summed E-state index contributed by atoms with van der Waals surface area (Å²) in [6.07, 6.45) is 5.87. The maximum atomic E-state index is 13.5. The van der Waals surface area contributed by atoms with Crippen molar-refractivity contribution in [2.75, 3.05) is 45.9 Å². The van der Waals surface area contributed by atoms with Gasteiger partial charge in [-0.1, -0.05) is 30.7 Å². The number of nitrogens with zero attached hydrogens (tertiary/aromatic N) is 4. The van der Waals surface area contributed by atoms with Crippen LogP contribution in [0.3, 0.4) is 0 Å². The number of rotatable bonds is 8. The number of piperidine rings is 1. The van der Waals surface area contributed by atoms with Crippen molar-refractivity contribution in [1.29, 1.82) is 0 Å². The average molecular weight is 520 g/mol. The molecule has 38 heavy (non-hydrogen) atoms. The Bertz CT molecular complexity index is 1300. The molecule has 0 saturated carbocycles. The van der Waals surface area contributed by atoms with Crippen LogP contribution in [0.4, 0.5) is 0 Å². The third-order valence-corrected chi connectivity index (χ3v) is 7.92. The van der Waals surface area contributed by atoms with Crippen molar-refractivity contribution in [3.05, 3.63) is 39.9 Å². The molecule has 0 spiro atoms. The van der Waals surface area contributed by atoms with Gasteiger partial charge in [0, 0.05) is 44.6 Å². The number of ether oxygens (including phenoxy) is 1. The van der Waals surface area contributed by atoms with Crippen LogP contribution in [-0.4, -0.2) is 83.1 Å². The van der Waals surface area contributed by atoms with E-state index in [1.54, 1.807) is 13.0 Å². The number of carbonyl (C=O) groups excluding carboxylic acids is 2. The van der Waals surface area contributed by atoms with Crippen molar-refractivity contribution in [3.8, 4) is 11.8 Å². The number of nitrogens with one attached hydrogen (secondary N) is 1. The number of carbonyl (C=O) groups is 2. The smallest absolute Gasteiger partial charge is 0.263 e. The topological polar surface area (TPSA) is 96.8 Å². The third-order valence-electron chi connectivity index (χ3n) is 7.92. The molecule has 0 bridgehead atoms. The molecule has 9 heteroatoms. The van der Waals surface area contributed by atoms with Gasteiger partial charge in [0.2, 0.25) is 11.8 Å². The largest absolute Gasteiger partial charge is 0.378 e. The van der Waals surface area contributed by atoms with Gasteiger partial charge in [0.05, 0.1) is 30.2 Å². The minimum atomic E-state index is -0.737. The monoisotopic (exact) mass is 519 g/mol. The molecule has 9 nitrogen and oxygen atoms in total. The van der Waals surface area contributed by atoms with E-state index in [9.17, 15) is 14.4 Å². The lowest BCUT2D eigenvalue weighted by Crippen LogP contribution is -2.56. The quantitative estimate of drug-likeness (QED) is 0.324. The predicted molar refractivity (Wildman–Crippen MR) is 145 cm³/mol. The molecular weight excluding hydrogens is 482 g/mol. The summed E-state index contributed by atoms with van der Waals surface area (Å²) in [6, 6.07) is 5.40. The number of hydrogen-bond acceptors (Lipinski definition) is 7. The van der Waals surface area contributed by atoms with Gasteiger partial charge in [-0.3, -0.25) is 29.2 Å². The first-order valence-electron chi connectivity index (χ1n) is 13.9. The molecule has 2 aromatic rings. The molecule has 3 fully saturated rings. The van der Waals surface area contributed by atoms with E-state index < -0.39 is 11.9 Å². The second-order valence-corrected chi connectivity index (χ2v) is 10.5. The maximum Gasteiger partial charge on any atom is 0.263 e. The molecule has 5 rings (SSSR count). The minimum absolute atomic E-state index is 0.203. The zero-order chi connectivity index (χ0) is 26.5. The Balaban J connectivity index is 1.12. The Morgan fingerprint density at radius 1 is 1.05 bits per heavy atom. The molecule has 2 amide bonds. The lowest BCUT2D eigenvalue weighted by atomic mass is 10.0. The van der Waals surface area contributed by atoms with Gasteiger partial charge in [-0.15, -0.1) is 0 Å².